The predicted molar refractivity (Wildman–Crippen MR) is 120 cm³/mol. The molecule has 2 aromatic rings. The molecule has 0 saturated carbocycles. The molecule has 32 heavy (non-hydrogen) atoms. The van der Waals surface area contributed by atoms with Crippen LogP contribution in [0.1, 0.15) is 30.6 Å². The van der Waals surface area contributed by atoms with E-state index in [0.717, 1.165) is 0 Å². The van der Waals surface area contributed by atoms with Crippen LogP contribution in [0.4, 0.5) is 11.4 Å². The third-order valence-electron chi connectivity index (χ3n) is 5.78. The summed E-state index contributed by atoms with van der Waals surface area (Å²) in [5.41, 5.74) is 1.86. The Morgan fingerprint density at radius 3 is 2.41 bits per heavy atom. The van der Waals surface area contributed by atoms with Gasteiger partial charge in [-0.1, -0.05) is 0 Å². The topological polar surface area (TPSA) is 88.2 Å². The SMILES string of the molecule is CCN(CC)C(=O)c1ccc(NC(=O)C2CC(=O)N(c3ccc4c(c3)OCCO4)C2)cc1. The lowest BCUT2D eigenvalue weighted by Crippen LogP contribution is -2.30. The van der Waals surface area contributed by atoms with Crippen molar-refractivity contribution in [1.82, 2.24) is 4.90 Å². The lowest BCUT2D eigenvalue weighted by Gasteiger charge is -2.22. The zero-order valence-electron chi connectivity index (χ0n) is 18.3. The summed E-state index contributed by atoms with van der Waals surface area (Å²) in [6.07, 6.45) is 0.138. The molecule has 4 rings (SSSR count). The maximum atomic E-state index is 12.8. The number of fused-ring (bicyclic) bond motifs is 1. The number of amides is 3. The van der Waals surface area contributed by atoms with E-state index < -0.39 is 5.92 Å². The average molecular weight is 437 g/mol. The Hall–Kier alpha value is -3.55. The first kappa shape index (κ1) is 21.7. The second-order valence-corrected chi connectivity index (χ2v) is 7.78. The number of rotatable bonds is 6. The Morgan fingerprint density at radius 1 is 1.03 bits per heavy atom. The van der Waals surface area contributed by atoms with Crippen LogP contribution in [0.25, 0.3) is 0 Å². The van der Waals surface area contributed by atoms with Gasteiger partial charge in [0.2, 0.25) is 11.8 Å². The molecule has 1 saturated heterocycles. The number of hydrogen-bond donors (Lipinski definition) is 1. The summed E-state index contributed by atoms with van der Waals surface area (Å²) in [6.45, 7) is 6.42. The van der Waals surface area contributed by atoms with Crippen LogP contribution in [0.3, 0.4) is 0 Å². The van der Waals surface area contributed by atoms with Gasteiger partial charge < -0.3 is 24.6 Å². The summed E-state index contributed by atoms with van der Waals surface area (Å²) >= 11 is 0. The van der Waals surface area contributed by atoms with Gasteiger partial charge in [-0.3, -0.25) is 14.4 Å². The van der Waals surface area contributed by atoms with Crippen molar-refractivity contribution in [1.29, 1.82) is 0 Å². The minimum absolute atomic E-state index is 0.0377. The van der Waals surface area contributed by atoms with Crippen LogP contribution in [0.15, 0.2) is 42.5 Å². The molecule has 1 fully saturated rings. The molecule has 0 radical (unpaired) electrons. The van der Waals surface area contributed by atoms with Gasteiger partial charge in [-0.15, -0.1) is 0 Å². The highest BCUT2D eigenvalue weighted by Crippen LogP contribution is 2.36. The molecule has 0 bridgehead atoms. The molecule has 2 aromatic carbocycles. The molecule has 2 aliphatic rings. The van der Waals surface area contributed by atoms with Gasteiger partial charge in [0.05, 0.1) is 5.92 Å². The minimum Gasteiger partial charge on any atom is -0.486 e. The van der Waals surface area contributed by atoms with Crippen LogP contribution >= 0.6 is 0 Å². The molecule has 1 atom stereocenters. The number of ether oxygens (including phenoxy) is 2. The second kappa shape index (κ2) is 9.30. The molecule has 0 spiro atoms. The van der Waals surface area contributed by atoms with Crippen molar-refractivity contribution < 1.29 is 23.9 Å². The highest BCUT2D eigenvalue weighted by molar-refractivity contribution is 6.04. The van der Waals surface area contributed by atoms with E-state index in [-0.39, 0.29) is 24.1 Å². The molecule has 2 aliphatic heterocycles. The van der Waals surface area contributed by atoms with Crippen LogP contribution in [0.5, 0.6) is 11.5 Å². The van der Waals surface area contributed by atoms with Gasteiger partial charge in [0.15, 0.2) is 11.5 Å². The molecule has 0 aliphatic carbocycles. The van der Waals surface area contributed by atoms with Crippen molar-refractivity contribution in [3.63, 3.8) is 0 Å². The lowest BCUT2D eigenvalue weighted by molar-refractivity contribution is -0.122. The minimum atomic E-state index is -0.465. The highest BCUT2D eigenvalue weighted by Gasteiger charge is 2.35. The van der Waals surface area contributed by atoms with E-state index in [0.29, 0.717) is 61.3 Å². The molecule has 2 heterocycles. The molecular formula is C24H27N3O5. The zero-order chi connectivity index (χ0) is 22.7. The van der Waals surface area contributed by atoms with E-state index in [1.54, 1.807) is 52.3 Å². The summed E-state index contributed by atoms with van der Waals surface area (Å²) in [5.74, 6) is 0.429. The monoisotopic (exact) mass is 437 g/mol. The maximum Gasteiger partial charge on any atom is 0.253 e. The smallest absolute Gasteiger partial charge is 0.253 e. The number of carbonyl (C=O) groups is 3. The van der Waals surface area contributed by atoms with Crippen molar-refractivity contribution in [3.8, 4) is 11.5 Å². The number of benzene rings is 2. The fraction of sp³-hybridized carbons (Fsp3) is 0.375. The van der Waals surface area contributed by atoms with Crippen molar-refractivity contribution in [2.45, 2.75) is 20.3 Å². The average Bonchev–Trinajstić information content (AvgIpc) is 3.21. The molecule has 8 heteroatoms. The van der Waals surface area contributed by atoms with E-state index in [1.807, 2.05) is 13.8 Å². The normalized spacial score (nSPS) is 17.2. The van der Waals surface area contributed by atoms with Crippen molar-refractivity contribution >= 4 is 29.1 Å². The summed E-state index contributed by atoms with van der Waals surface area (Å²) in [4.78, 5) is 41.1. The predicted octanol–water partition coefficient (Wildman–Crippen LogP) is 2.93. The fourth-order valence-corrected chi connectivity index (χ4v) is 3.97. The Kier molecular flexibility index (Phi) is 6.30. The van der Waals surface area contributed by atoms with Gasteiger partial charge in [-0.25, -0.2) is 0 Å². The quantitative estimate of drug-likeness (QED) is 0.751. The van der Waals surface area contributed by atoms with E-state index in [4.69, 9.17) is 9.47 Å². The van der Waals surface area contributed by atoms with Crippen molar-refractivity contribution in [3.05, 3.63) is 48.0 Å². The Labute approximate surface area is 187 Å². The molecule has 0 aromatic heterocycles. The van der Waals surface area contributed by atoms with Gasteiger partial charge in [-0.2, -0.15) is 0 Å². The maximum absolute atomic E-state index is 12.8. The molecule has 3 amide bonds. The number of anilines is 2. The third-order valence-corrected chi connectivity index (χ3v) is 5.78. The summed E-state index contributed by atoms with van der Waals surface area (Å²) < 4.78 is 11.1. The third kappa shape index (κ3) is 4.39. The lowest BCUT2D eigenvalue weighted by atomic mass is 10.1. The summed E-state index contributed by atoms with van der Waals surface area (Å²) in [6, 6.07) is 12.2. The molecule has 1 unspecified atom stereocenters. The fourth-order valence-electron chi connectivity index (χ4n) is 3.97. The van der Waals surface area contributed by atoms with Crippen LogP contribution in [-0.2, 0) is 9.59 Å². The van der Waals surface area contributed by atoms with Crippen molar-refractivity contribution in [2.75, 3.05) is 43.1 Å². The molecule has 8 nitrogen and oxygen atoms in total. The number of carbonyl (C=O) groups excluding carboxylic acids is 3. The first-order valence-corrected chi connectivity index (χ1v) is 10.9. The van der Waals surface area contributed by atoms with Gasteiger partial charge >= 0.3 is 0 Å². The Bertz CT molecular complexity index is 1020. The number of nitrogens with zero attached hydrogens (tertiary/aromatic N) is 2. The van der Waals surface area contributed by atoms with E-state index in [2.05, 4.69) is 5.32 Å². The molecular weight excluding hydrogens is 410 g/mol. The molecule has 1 N–H and O–H groups in total. The number of hydrogen-bond acceptors (Lipinski definition) is 5. The van der Waals surface area contributed by atoms with Crippen LogP contribution in [-0.4, -0.2) is 55.5 Å². The zero-order valence-corrected chi connectivity index (χ0v) is 18.3. The van der Waals surface area contributed by atoms with Gasteiger partial charge in [0.1, 0.15) is 13.2 Å². The molecule has 168 valence electrons. The second-order valence-electron chi connectivity index (χ2n) is 7.78. The van der Waals surface area contributed by atoms with Crippen LogP contribution < -0.4 is 19.7 Å². The van der Waals surface area contributed by atoms with E-state index in [1.165, 1.54) is 0 Å². The summed E-state index contributed by atoms with van der Waals surface area (Å²) in [7, 11) is 0. The van der Waals surface area contributed by atoms with Crippen molar-refractivity contribution in [2.24, 2.45) is 5.92 Å². The Balaban J connectivity index is 1.39. The van der Waals surface area contributed by atoms with Gasteiger partial charge in [0, 0.05) is 49.1 Å². The Morgan fingerprint density at radius 2 is 1.72 bits per heavy atom. The van der Waals surface area contributed by atoms with Gasteiger partial charge in [0.25, 0.3) is 5.91 Å². The van der Waals surface area contributed by atoms with Gasteiger partial charge in [-0.05, 0) is 50.2 Å². The number of nitrogens with one attached hydrogen (secondary N) is 1. The van der Waals surface area contributed by atoms with Crippen LogP contribution in [0, 0.1) is 5.92 Å². The standard InChI is InChI=1S/C24H27N3O5/c1-3-26(4-2)24(30)16-5-7-18(8-6-16)25-23(29)17-13-22(28)27(15-17)19-9-10-20-21(14-19)32-12-11-31-20/h5-10,14,17H,3-4,11-13,15H2,1-2H3,(H,25,29). The first-order chi connectivity index (χ1) is 15.5. The largest absolute Gasteiger partial charge is 0.486 e. The van der Waals surface area contributed by atoms with E-state index in [9.17, 15) is 14.4 Å². The van der Waals surface area contributed by atoms with E-state index >= 15 is 0 Å². The van der Waals surface area contributed by atoms with Crippen LogP contribution in [0.2, 0.25) is 0 Å². The highest BCUT2D eigenvalue weighted by atomic mass is 16.6. The summed E-state index contributed by atoms with van der Waals surface area (Å²) in [5, 5.41) is 2.86. The first-order valence-electron chi connectivity index (χ1n) is 10.9.